The van der Waals surface area contributed by atoms with Gasteiger partial charge >= 0.3 is 0 Å². The lowest BCUT2D eigenvalue weighted by Crippen LogP contribution is -2.43. The van der Waals surface area contributed by atoms with Gasteiger partial charge in [-0.2, -0.15) is 0 Å². The van der Waals surface area contributed by atoms with Crippen molar-refractivity contribution in [2.45, 2.75) is 37.8 Å². The monoisotopic (exact) mass is 253 g/mol. The number of piperidine rings is 1. The molecule has 4 heterocycles. The normalized spacial score (nSPS) is 24.8. The van der Waals surface area contributed by atoms with Crippen LogP contribution in [0.1, 0.15) is 36.6 Å². The molecule has 0 aliphatic carbocycles. The van der Waals surface area contributed by atoms with Gasteiger partial charge in [0.05, 0.1) is 11.7 Å². The van der Waals surface area contributed by atoms with E-state index in [0.29, 0.717) is 23.7 Å². The Morgan fingerprint density at radius 1 is 1.05 bits per heavy atom. The minimum absolute atomic E-state index is 0.382. The number of fused-ring (bicyclic) bond motifs is 4. The lowest BCUT2D eigenvalue weighted by Gasteiger charge is -2.36. The SMILES string of the molecule is c1cnc(-c2ncc3c(n2)C2CCCC(C3)N2)nc1. The molecule has 2 aromatic rings. The largest absolute Gasteiger partial charge is 0.305 e. The van der Waals surface area contributed by atoms with Crippen molar-refractivity contribution in [2.24, 2.45) is 0 Å². The quantitative estimate of drug-likeness (QED) is 0.837. The van der Waals surface area contributed by atoms with Gasteiger partial charge in [-0.05, 0) is 37.3 Å². The van der Waals surface area contributed by atoms with Crippen LogP contribution in [0, 0.1) is 0 Å². The van der Waals surface area contributed by atoms with Crippen molar-refractivity contribution >= 4 is 0 Å². The molecule has 0 saturated carbocycles. The third-order valence-corrected chi connectivity index (χ3v) is 3.94. The van der Waals surface area contributed by atoms with E-state index < -0.39 is 0 Å². The predicted molar refractivity (Wildman–Crippen MR) is 70.3 cm³/mol. The predicted octanol–water partition coefficient (Wildman–Crippen LogP) is 1.67. The van der Waals surface area contributed by atoms with E-state index in [2.05, 4.69) is 20.3 Å². The fourth-order valence-electron chi connectivity index (χ4n) is 3.06. The summed E-state index contributed by atoms with van der Waals surface area (Å²) in [5.74, 6) is 1.23. The summed E-state index contributed by atoms with van der Waals surface area (Å²) >= 11 is 0. The minimum Gasteiger partial charge on any atom is -0.305 e. The zero-order valence-corrected chi connectivity index (χ0v) is 10.6. The first-order chi connectivity index (χ1) is 9.40. The molecule has 96 valence electrons. The van der Waals surface area contributed by atoms with Gasteiger partial charge in [-0.25, -0.2) is 19.9 Å². The van der Waals surface area contributed by atoms with Crippen LogP contribution in [0.15, 0.2) is 24.7 Å². The molecule has 19 heavy (non-hydrogen) atoms. The second-order valence-corrected chi connectivity index (χ2v) is 5.23. The number of aromatic nitrogens is 4. The van der Waals surface area contributed by atoms with Crippen molar-refractivity contribution in [3.63, 3.8) is 0 Å². The Morgan fingerprint density at radius 3 is 2.84 bits per heavy atom. The highest BCUT2D eigenvalue weighted by Crippen LogP contribution is 2.33. The number of nitrogens with one attached hydrogen (secondary N) is 1. The van der Waals surface area contributed by atoms with E-state index in [1.807, 2.05) is 6.20 Å². The van der Waals surface area contributed by atoms with Crippen LogP contribution < -0.4 is 5.32 Å². The van der Waals surface area contributed by atoms with Crippen molar-refractivity contribution in [2.75, 3.05) is 0 Å². The fraction of sp³-hybridized carbons (Fsp3) is 0.429. The highest BCUT2D eigenvalue weighted by molar-refractivity contribution is 5.44. The van der Waals surface area contributed by atoms with E-state index in [1.54, 1.807) is 18.5 Å². The summed E-state index contributed by atoms with van der Waals surface area (Å²) in [7, 11) is 0. The molecule has 2 unspecified atom stereocenters. The molecule has 4 rings (SSSR count). The summed E-state index contributed by atoms with van der Waals surface area (Å²) < 4.78 is 0. The Balaban J connectivity index is 1.78. The van der Waals surface area contributed by atoms with Gasteiger partial charge in [0.1, 0.15) is 0 Å². The summed E-state index contributed by atoms with van der Waals surface area (Å²) in [5.41, 5.74) is 2.43. The molecule has 2 atom stereocenters. The third kappa shape index (κ3) is 1.90. The molecule has 5 nitrogen and oxygen atoms in total. The maximum Gasteiger partial charge on any atom is 0.198 e. The van der Waals surface area contributed by atoms with E-state index in [4.69, 9.17) is 4.98 Å². The zero-order valence-electron chi connectivity index (χ0n) is 10.6. The second kappa shape index (κ2) is 4.35. The molecule has 0 spiro atoms. The van der Waals surface area contributed by atoms with Gasteiger partial charge in [-0.3, -0.25) is 0 Å². The molecule has 0 amide bonds. The molecule has 1 fully saturated rings. The van der Waals surface area contributed by atoms with Crippen LogP contribution in [0.2, 0.25) is 0 Å². The van der Waals surface area contributed by atoms with Crippen molar-refractivity contribution in [1.29, 1.82) is 0 Å². The zero-order chi connectivity index (χ0) is 12.7. The van der Waals surface area contributed by atoms with Crippen molar-refractivity contribution < 1.29 is 0 Å². The first-order valence-corrected chi connectivity index (χ1v) is 6.79. The average Bonchev–Trinajstić information content (AvgIpc) is 2.48. The van der Waals surface area contributed by atoms with Crippen LogP contribution in [0.3, 0.4) is 0 Å². The van der Waals surface area contributed by atoms with Crippen LogP contribution in [0.4, 0.5) is 0 Å². The van der Waals surface area contributed by atoms with Crippen molar-refractivity contribution in [3.05, 3.63) is 35.9 Å². The van der Waals surface area contributed by atoms with E-state index in [1.165, 1.54) is 18.4 Å². The van der Waals surface area contributed by atoms with Gasteiger partial charge < -0.3 is 5.32 Å². The first kappa shape index (κ1) is 11.0. The van der Waals surface area contributed by atoms with Crippen molar-refractivity contribution in [3.8, 4) is 11.6 Å². The molecular weight excluding hydrogens is 238 g/mol. The minimum atomic E-state index is 0.382. The van der Waals surface area contributed by atoms with Gasteiger partial charge in [0.2, 0.25) is 0 Å². The number of nitrogens with zero attached hydrogens (tertiary/aromatic N) is 4. The molecule has 2 aromatic heterocycles. The van der Waals surface area contributed by atoms with Crippen LogP contribution in [0.25, 0.3) is 11.6 Å². The highest BCUT2D eigenvalue weighted by Gasteiger charge is 2.31. The lowest BCUT2D eigenvalue weighted by atomic mass is 9.85. The summed E-state index contributed by atoms with van der Waals surface area (Å²) in [5, 5.41) is 3.66. The fourth-order valence-corrected chi connectivity index (χ4v) is 3.06. The lowest BCUT2D eigenvalue weighted by molar-refractivity contribution is 0.296. The van der Waals surface area contributed by atoms with E-state index in [9.17, 15) is 0 Å². The molecule has 2 bridgehead atoms. The number of hydrogen-bond donors (Lipinski definition) is 1. The highest BCUT2D eigenvalue weighted by atomic mass is 15.0. The Morgan fingerprint density at radius 2 is 1.95 bits per heavy atom. The molecule has 0 radical (unpaired) electrons. The molecule has 0 aromatic carbocycles. The smallest absolute Gasteiger partial charge is 0.198 e. The van der Waals surface area contributed by atoms with E-state index in [0.717, 1.165) is 18.5 Å². The Kier molecular flexibility index (Phi) is 2.51. The van der Waals surface area contributed by atoms with E-state index in [-0.39, 0.29) is 0 Å². The van der Waals surface area contributed by atoms with Crippen LogP contribution in [-0.2, 0) is 6.42 Å². The second-order valence-electron chi connectivity index (χ2n) is 5.23. The standard InChI is InChI=1S/C14H15N5/c1-3-10-7-9-8-17-14(13-15-5-2-6-16-13)19-12(9)11(4-1)18-10/h2,5-6,8,10-11,18H,1,3-4,7H2. The number of rotatable bonds is 1. The third-order valence-electron chi connectivity index (χ3n) is 3.94. The summed E-state index contributed by atoms with van der Waals surface area (Å²) in [4.78, 5) is 17.6. The molecule has 2 aliphatic heterocycles. The molecule has 1 N–H and O–H groups in total. The maximum atomic E-state index is 4.71. The summed E-state index contributed by atoms with van der Waals surface area (Å²) in [6.07, 6.45) is 10.2. The Labute approximate surface area is 111 Å². The molecule has 1 saturated heterocycles. The Hall–Kier alpha value is -1.88. The summed E-state index contributed by atoms with van der Waals surface area (Å²) in [6, 6.07) is 2.79. The average molecular weight is 253 g/mol. The molecular formula is C14H15N5. The van der Waals surface area contributed by atoms with Gasteiger partial charge in [-0.1, -0.05) is 0 Å². The van der Waals surface area contributed by atoms with Crippen LogP contribution >= 0.6 is 0 Å². The van der Waals surface area contributed by atoms with E-state index >= 15 is 0 Å². The van der Waals surface area contributed by atoms with Gasteiger partial charge in [0, 0.05) is 24.6 Å². The summed E-state index contributed by atoms with van der Waals surface area (Å²) in [6.45, 7) is 0. The molecule has 2 aliphatic rings. The first-order valence-electron chi connectivity index (χ1n) is 6.79. The van der Waals surface area contributed by atoms with Gasteiger partial charge in [0.25, 0.3) is 0 Å². The van der Waals surface area contributed by atoms with Crippen LogP contribution in [0.5, 0.6) is 0 Å². The maximum absolute atomic E-state index is 4.71. The van der Waals surface area contributed by atoms with Gasteiger partial charge in [0.15, 0.2) is 11.6 Å². The van der Waals surface area contributed by atoms with Crippen molar-refractivity contribution in [1.82, 2.24) is 25.3 Å². The van der Waals surface area contributed by atoms with Crippen LogP contribution in [-0.4, -0.2) is 26.0 Å². The number of hydrogen-bond acceptors (Lipinski definition) is 5. The topological polar surface area (TPSA) is 63.6 Å². The van der Waals surface area contributed by atoms with Gasteiger partial charge in [-0.15, -0.1) is 0 Å². The Bertz CT molecular complexity index is 598. The molecule has 5 heteroatoms.